The van der Waals surface area contributed by atoms with Gasteiger partial charge in [-0.3, -0.25) is 4.79 Å². The minimum absolute atomic E-state index is 0.109. The summed E-state index contributed by atoms with van der Waals surface area (Å²) in [5.74, 6) is 1.13. The third-order valence-electron chi connectivity index (χ3n) is 2.78. The van der Waals surface area contributed by atoms with Gasteiger partial charge in [-0.15, -0.1) is 0 Å². The Balaban J connectivity index is 2.56. The SMILES string of the molecule is CCN(CC)C(=O)CCNc1nc(N)nc(N(C)C)n1. The van der Waals surface area contributed by atoms with Crippen LogP contribution in [0.5, 0.6) is 0 Å². The van der Waals surface area contributed by atoms with Gasteiger partial charge in [-0.25, -0.2) is 0 Å². The van der Waals surface area contributed by atoms with Crippen molar-refractivity contribution in [2.75, 3.05) is 49.7 Å². The Hall–Kier alpha value is -2.12. The number of amides is 1. The molecule has 3 N–H and O–H groups in total. The minimum Gasteiger partial charge on any atom is -0.368 e. The number of rotatable bonds is 7. The maximum Gasteiger partial charge on any atom is 0.231 e. The van der Waals surface area contributed by atoms with Gasteiger partial charge in [-0.05, 0) is 13.8 Å². The van der Waals surface area contributed by atoms with E-state index >= 15 is 0 Å². The number of nitrogen functional groups attached to an aromatic ring is 1. The number of anilines is 3. The van der Waals surface area contributed by atoms with E-state index in [2.05, 4.69) is 20.3 Å². The number of aromatic nitrogens is 3. The van der Waals surface area contributed by atoms with Crippen LogP contribution in [-0.2, 0) is 4.79 Å². The van der Waals surface area contributed by atoms with Gasteiger partial charge >= 0.3 is 0 Å². The number of nitrogens with zero attached hydrogens (tertiary/aromatic N) is 5. The van der Waals surface area contributed by atoms with Crippen LogP contribution in [0, 0.1) is 0 Å². The summed E-state index contributed by atoms with van der Waals surface area (Å²) in [6, 6.07) is 0. The van der Waals surface area contributed by atoms with Gasteiger partial charge in [0.25, 0.3) is 0 Å². The highest BCUT2D eigenvalue weighted by molar-refractivity contribution is 5.76. The summed E-state index contributed by atoms with van der Waals surface area (Å²) < 4.78 is 0. The zero-order chi connectivity index (χ0) is 15.1. The van der Waals surface area contributed by atoms with E-state index in [1.807, 2.05) is 27.9 Å². The largest absolute Gasteiger partial charge is 0.368 e. The summed E-state index contributed by atoms with van der Waals surface area (Å²) in [6.07, 6.45) is 0.393. The van der Waals surface area contributed by atoms with Gasteiger partial charge in [-0.1, -0.05) is 0 Å². The summed E-state index contributed by atoms with van der Waals surface area (Å²) in [5, 5.41) is 3.00. The zero-order valence-corrected chi connectivity index (χ0v) is 12.6. The van der Waals surface area contributed by atoms with Crippen LogP contribution < -0.4 is 16.0 Å². The second-order valence-corrected chi connectivity index (χ2v) is 4.45. The first kappa shape index (κ1) is 15.9. The van der Waals surface area contributed by atoms with Crippen LogP contribution in [0.4, 0.5) is 17.8 Å². The Morgan fingerprint density at radius 2 is 1.85 bits per heavy atom. The first-order chi connectivity index (χ1) is 9.47. The standard InChI is InChI=1S/C12H23N7O/c1-5-19(6-2)9(20)7-8-14-11-15-10(13)16-12(17-11)18(3)4/h5-8H2,1-4H3,(H3,13,14,15,16,17). The van der Waals surface area contributed by atoms with Gasteiger partial charge in [-0.2, -0.15) is 15.0 Å². The molecule has 1 aromatic heterocycles. The van der Waals surface area contributed by atoms with Crippen molar-refractivity contribution in [1.29, 1.82) is 0 Å². The van der Waals surface area contributed by atoms with Crippen LogP contribution in [-0.4, -0.2) is 59.5 Å². The van der Waals surface area contributed by atoms with E-state index in [-0.39, 0.29) is 11.9 Å². The molecule has 0 atom stereocenters. The Morgan fingerprint density at radius 1 is 1.20 bits per heavy atom. The van der Waals surface area contributed by atoms with Gasteiger partial charge in [0.15, 0.2) is 0 Å². The summed E-state index contributed by atoms with van der Waals surface area (Å²) in [6.45, 7) is 5.83. The predicted molar refractivity (Wildman–Crippen MR) is 79.6 cm³/mol. The van der Waals surface area contributed by atoms with Crippen LogP contribution in [0.2, 0.25) is 0 Å². The molecule has 0 spiro atoms. The van der Waals surface area contributed by atoms with E-state index in [1.54, 1.807) is 9.80 Å². The van der Waals surface area contributed by atoms with E-state index in [9.17, 15) is 4.79 Å². The third kappa shape index (κ3) is 4.52. The fourth-order valence-electron chi connectivity index (χ4n) is 1.68. The molecule has 0 radical (unpaired) electrons. The average Bonchev–Trinajstić information content (AvgIpc) is 2.39. The lowest BCUT2D eigenvalue weighted by Gasteiger charge is -2.18. The van der Waals surface area contributed by atoms with Crippen molar-refractivity contribution < 1.29 is 4.79 Å². The molecule has 1 amide bonds. The number of hydrogen-bond acceptors (Lipinski definition) is 7. The number of carbonyl (C=O) groups is 1. The molecular formula is C12H23N7O. The van der Waals surface area contributed by atoms with E-state index in [0.29, 0.717) is 24.9 Å². The number of hydrogen-bond donors (Lipinski definition) is 2. The van der Waals surface area contributed by atoms with Gasteiger partial charge < -0.3 is 20.9 Å². The second kappa shape index (κ2) is 7.46. The summed E-state index contributed by atoms with van der Waals surface area (Å²) in [4.78, 5) is 27.6. The third-order valence-corrected chi connectivity index (χ3v) is 2.78. The summed E-state index contributed by atoms with van der Waals surface area (Å²) in [7, 11) is 3.64. The van der Waals surface area contributed by atoms with Crippen LogP contribution in [0.25, 0.3) is 0 Å². The van der Waals surface area contributed by atoms with Crippen molar-refractivity contribution in [2.24, 2.45) is 0 Å². The first-order valence-electron chi connectivity index (χ1n) is 6.68. The molecular weight excluding hydrogens is 258 g/mol. The second-order valence-electron chi connectivity index (χ2n) is 4.45. The number of carbonyl (C=O) groups excluding carboxylic acids is 1. The fourth-order valence-corrected chi connectivity index (χ4v) is 1.68. The molecule has 0 aliphatic carbocycles. The maximum absolute atomic E-state index is 11.8. The molecule has 20 heavy (non-hydrogen) atoms. The van der Waals surface area contributed by atoms with E-state index < -0.39 is 0 Å². The van der Waals surface area contributed by atoms with Gasteiger partial charge in [0.1, 0.15) is 0 Å². The quantitative estimate of drug-likeness (QED) is 0.735. The van der Waals surface area contributed by atoms with E-state index in [0.717, 1.165) is 13.1 Å². The Morgan fingerprint density at radius 3 is 2.40 bits per heavy atom. The fraction of sp³-hybridized carbons (Fsp3) is 0.667. The van der Waals surface area contributed by atoms with Gasteiger partial charge in [0.2, 0.25) is 23.8 Å². The average molecular weight is 281 g/mol. The van der Waals surface area contributed by atoms with Gasteiger partial charge in [0, 0.05) is 40.2 Å². The van der Waals surface area contributed by atoms with Crippen LogP contribution in [0.15, 0.2) is 0 Å². The molecule has 0 saturated heterocycles. The Kier molecular flexibility index (Phi) is 5.95. The molecule has 1 rings (SSSR count). The molecule has 0 unspecified atom stereocenters. The minimum atomic E-state index is 0.109. The summed E-state index contributed by atoms with van der Waals surface area (Å²) >= 11 is 0. The van der Waals surface area contributed by atoms with Crippen molar-refractivity contribution in [3.8, 4) is 0 Å². The Labute approximate surface area is 119 Å². The topological polar surface area (TPSA) is 100 Å². The highest BCUT2D eigenvalue weighted by Gasteiger charge is 2.10. The number of nitrogens with two attached hydrogens (primary N) is 1. The molecule has 0 aliphatic heterocycles. The first-order valence-corrected chi connectivity index (χ1v) is 6.68. The van der Waals surface area contributed by atoms with Crippen molar-refractivity contribution >= 4 is 23.8 Å². The van der Waals surface area contributed by atoms with E-state index in [1.165, 1.54) is 0 Å². The molecule has 1 aromatic rings. The van der Waals surface area contributed by atoms with Crippen molar-refractivity contribution in [3.63, 3.8) is 0 Å². The van der Waals surface area contributed by atoms with Crippen LogP contribution >= 0.6 is 0 Å². The monoisotopic (exact) mass is 281 g/mol. The number of nitrogens with one attached hydrogen (secondary N) is 1. The summed E-state index contributed by atoms with van der Waals surface area (Å²) in [5.41, 5.74) is 5.62. The van der Waals surface area contributed by atoms with Crippen LogP contribution in [0.3, 0.4) is 0 Å². The van der Waals surface area contributed by atoms with Crippen molar-refractivity contribution in [1.82, 2.24) is 19.9 Å². The molecule has 0 fully saturated rings. The van der Waals surface area contributed by atoms with Crippen LogP contribution in [0.1, 0.15) is 20.3 Å². The lowest BCUT2D eigenvalue weighted by molar-refractivity contribution is -0.130. The predicted octanol–water partition coefficient (Wildman–Crippen LogP) is 0.190. The van der Waals surface area contributed by atoms with Crippen molar-refractivity contribution in [3.05, 3.63) is 0 Å². The molecule has 1 heterocycles. The molecule has 8 nitrogen and oxygen atoms in total. The normalized spacial score (nSPS) is 10.2. The Bertz CT molecular complexity index is 445. The van der Waals surface area contributed by atoms with E-state index in [4.69, 9.17) is 5.73 Å². The smallest absolute Gasteiger partial charge is 0.231 e. The zero-order valence-electron chi connectivity index (χ0n) is 12.6. The molecule has 8 heteroatoms. The highest BCUT2D eigenvalue weighted by Crippen LogP contribution is 2.09. The lowest BCUT2D eigenvalue weighted by atomic mass is 10.3. The highest BCUT2D eigenvalue weighted by atomic mass is 16.2. The van der Waals surface area contributed by atoms with Crippen molar-refractivity contribution in [2.45, 2.75) is 20.3 Å². The van der Waals surface area contributed by atoms with Gasteiger partial charge in [0.05, 0.1) is 0 Å². The maximum atomic E-state index is 11.8. The molecule has 0 aliphatic rings. The molecule has 112 valence electrons. The molecule has 0 aromatic carbocycles. The molecule has 0 saturated carbocycles. The molecule has 0 bridgehead atoms. The lowest BCUT2D eigenvalue weighted by Crippen LogP contribution is -2.31.